The maximum atomic E-state index is 14.7. The highest BCUT2D eigenvalue weighted by Gasteiger charge is 2.30. The predicted octanol–water partition coefficient (Wildman–Crippen LogP) is 4.47. The summed E-state index contributed by atoms with van der Waals surface area (Å²) in [5.74, 6) is -2.32. The van der Waals surface area contributed by atoms with Gasteiger partial charge in [-0.1, -0.05) is 0 Å². The molecule has 0 aliphatic carbocycles. The second-order valence-electron chi connectivity index (χ2n) is 9.25. The van der Waals surface area contributed by atoms with Crippen LogP contribution in [0.1, 0.15) is 32.0 Å². The number of amides is 1. The van der Waals surface area contributed by atoms with Crippen LogP contribution in [0.25, 0.3) is 16.9 Å². The van der Waals surface area contributed by atoms with Gasteiger partial charge in [0, 0.05) is 31.3 Å². The Morgan fingerprint density at radius 2 is 1.97 bits per heavy atom. The molecule has 176 valence electrons. The third-order valence-electron chi connectivity index (χ3n) is 5.36. The van der Waals surface area contributed by atoms with Crippen molar-refractivity contribution in [3.8, 4) is 17.0 Å². The Hall–Kier alpha value is -3.20. The van der Waals surface area contributed by atoms with Crippen LogP contribution >= 0.6 is 0 Å². The summed E-state index contributed by atoms with van der Waals surface area (Å²) in [5.41, 5.74) is 1.22. The number of pyridine rings is 1. The Morgan fingerprint density at radius 3 is 2.64 bits per heavy atom. The molecule has 1 saturated heterocycles. The largest absolute Gasteiger partial charge is 0.508 e. The molecule has 1 aliphatic heterocycles. The van der Waals surface area contributed by atoms with Gasteiger partial charge in [0.1, 0.15) is 28.6 Å². The lowest BCUT2D eigenvalue weighted by Gasteiger charge is -2.34. The van der Waals surface area contributed by atoms with Gasteiger partial charge in [0.05, 0.1) is 36.2 Å². The second-order valence-corrected chi connectivity index (χ2v) is 9.25. The van der Waals surface area contributed by atoms with Crippen molar-refractivity contribution < 1.29 is 28.2 Å². The summed E-state index contributed by atoms with van der Waals surface area (Å²) in [5, 5.41) is 9.56. The van der Waals surface area contributed by atoms with Crippen molar-refractivity contribution in [1.29, 1.82) is 0 Å². The van der Waals surface area contributed by atoms with Crippen molar-refractivity contribution in [2.24, 2.45) is 0 Å². The molecule has 0 radical (unpaired) electrons. The number of fused-ring (bicyclic) bond motifs is 1. The minimum atomic E-state index is -0.908. The Balaban J connectivity index is 1.70. The van der Waals surface area contributed by atoms with Crippen LogP contribution in [0.3, 0.4) is 0 Å². The molecule has 1 aliphatic rings. The topological polar surface area (TPSA) is 76.3 Å². The third-order valence-corrected chi connectivity index (χ3v) is 5.36. The van der Waals surface area contributed by atoms with Gasteiger partial charge in [-0.15, -0.1) is 0 Å². The van der Waals surface area contributed by atoms with Gasteiger partial charge in [-0.05, 0) is 45.4 Å². The first-order valence-electron chi connectivity index (χ1n) is 10.8. The number of aryl methyl sites for hydroxylation is 1. The van der Waals surface area contributed by atoms with Crippen LogP contribution in [0.2, 0.25) is 0 Å². The average molecular weight is 459 g/mol. The predicted molar refractivity (Wildman–Crippen MR) is 118 cm³/mol. The maximum Gasteiger partial charge on any atom is 0.410 e. The minimum absolute atomic E-state index is 0.133. The Labute approximate surface area is 190 Å². The number of halogens is 2. The number of carbonyl (C=O) groups excluding carboxylic acids is 1. The van der Waals surface area contributed by atoms with Crippen LogP contribution in [0.4, 0.5) is 13.6 Å². The Kier molecular flexibility index (Phi) is 6.00. The van der Waals surface area contributed by atoms with E-state index in [0.717, 1.165) is 17.7 Å². The Bertz CT molecular complexity index is 1180. The van der Waals surface area contributed by atoms with E-state index < -0.39 is 35.2 Å². The molecule has 1 N–H and O–H groups in total. The van der Waals surface area contributed by atoms with E-state index in [1.165, 1.54) is 0 Å². The van der Waals surface area contributed by atoms with Crippen LogP contribution in [-0.2, 0) is 15.9 Å². The number of morpholine rings is 1. The maximum absolute atomic E-state index is 14.7. The van der Waals surface area contributed by atoms with Crippen molar-refractivity contribution in [3.05, 3.63) is 53.4 Å². The average Bonchev–Trinajstić information content (AvgIpc) is 3.03. The molecule has 0 bridgehead atoms. The van der Waals surface area contributed by atoms with E-state index in [1.807, 2.05) is 19.1 Å². The number of phenolic OH excluding ortho intramolecular Hbond substituents is 1. The lowest BCUT2D eigenvalue weighted by atomic mass is 10.0. The molecule has 33 heavy (non-hydrogen) atoms. The van der Waals surface area contributed by atoms with Gasteiger partial charge in [-0.3, -0.25) is 0 Å². The highest BCUT2D eigenvalue weighted by atomic mass is 19.1. The lowest BCUT2D eigenvalue weighted by Crippen LogP contribution is -2.48. The van der Waals surface area contributed by atoms with Crippen LogP contribution in [0.5, 0.6) is 5.75 Å². The summed E-state index contributed by atoms with van der Waals surface area (Å²) in [6, 6.07) is 5.41. The number of hydrogen-bond acceptors (Lipinski definition) is 5. The summed E-state index contributed by atoms with van der Waals surface area (Å²) in [7, 11) is 0. The number of aromatic hydroxyl groups is 1. The van der Waals surface area contributed by atoms with Crippen LogP contribution in [0, 0.1) is 18.6 Å². The molecule has 1 unspecified atom stereocenters. The monoisotopic (exact) mass is 459 g/mol. The fourth-order valence-corrected chi connectivity index (χ4v) is 3.93. The molecule has 3 aromatic rings. The SMILES string of the molecule is Cc1ccn2c(CC3CN(C(=O)OC(C)(C)C)CCO3)c(-c3c(F)cc(O)cc3F)nc2c1. The molecule has 2 aromatic heterocycles. The zero-order chi connectivity index (χ0) is 23.9. The second kappa shape index (κ2) is 8.62. The Morgan fingerprint density at radius 1 is 1.27 bits per heavy atom. The van der Waals surface area contributed by atoms with Crippen LogP contribution in [0.15, 0.2) is 30.5 Å². The number of imidazole rings is 1. The van der Waals surface area contributed by atoms with Crippen molar-refractivity contribution in [2.45, 2.75) is 45.8 Å². The van der Waals surface area contributed by atoms with Gasteiger partial charge < -0.3 is 23.9 Å². The van der Waals surface area contributed by atoms with Crippen molar-refractivity contribution in [3.63, 3.8) is 0 Å². The zero-order valence-electron chi connectivity index (χ0n) is 19.1. The molecule has 1 atom stereocenters. The summed E-state index contributed by atoms with van der Waals surface area (Å²) < 4.78 is 42.6. The van der Waals surface area contributed by atoms with Crippen molar-refractivity contribution in [1.82, 2.24) is 14.3 Å². The molecule has 7 nitrogen and oxygen atoms in total. The molecule has 1 fully saturated rings. The van der Waals surface area contributed by atoms with E-state index in [1.54, 1.807) is 36.3 Å². The first-order valence-corrected chi connectivity index (χ1v) is 10.8. The van der Waals surface area contributed by atoms with Crippen LogP contribution < -0.4 is 0 Å². The molecule has 0 saturated carbocycles. The molecule has 1 aromatic carbocycles. The fourth-order valence-electron chi connectivity index (χ4n) is 3.93. The van der Waals surface area contributed by atoms with E-state index in [-0.39, 0.29) is 24.2 Å². The number of benzene rings is 1. The normalized spacial score (nSPS) is 16.9. The summed E-state index contributed by atoms with van der Waals surface area (Å²) in [4.78, 5) is 18.6. The first kappa shape index (κ1) is 23.0. The molecule has 0 spiro atoms. The zero-order valence-corrected chi connectivity index (χ0v) is 19.1. The van der Waals surface area contributed by atoms with E-state index in [4.69, 9.17) is 9.47 Å². The number of carbonyl (C=O) groups is 1. The van der Waals surface area contributed by atoms with E-state index in [2.05, 4.69) is 4.98 Å². The van der Waals surface area contributed by atoms with Gasteiger partial charge in [0.15, 0.2) is 0 Å². The van der Waals surface area contributed by atoms with Gasteiger partial charge in [-0.2, -0.15) is 0 Å². The number of ether oxygens (including phenoxy) is 2. The standard InChI is InChI=1S/C24H27F2N3O4/c1-14-5-6-29-19(12-16-13-28(7-8-32-16)23(31)33-24(2,3)4)22(27-20(29)9-14)21-17(25)10-15(30)11-18(21)26/h5-6,9-11,16,30H,7-8,12-13H2,1-4H3. The summed E-state index contributed by atoms with van der Waals surface area (Å²) in [6.07, 6.45) is 1.20. The van der Waals surface area contributed by atoms with E-state index in [0.29, 0.717) is 24.5 Å². The first-order chi connectivity index (χ1) is 15.5. The number of aromatic nitrogens is 2. The lowest BCUT2D eigenvalue weighted by molar-refractivity contribution is -0.0418. The summed E-state index contributed by atoms with van der Waals surface area (Å²) in [6.45, 7) is 8.29. The molecular formula is C24H27F2N3O4. The van der Waals surface area contributed by atoms with Crippen molar-refractivity contribution >= 4 is 11.7 Å². The van der Waals surface area contributed by atoms with Gasteiger partial charge in [-0.25, -0.2) is 18.6 Å². The highest BCUT2D eigenvalue weighted by Crippen LogP contribution is 2.33. The summed E-state index contributed by atoms with van der Waals surface area (Å²) >= 11 is 0. The quantitative estimate of drug-likeness (QED) is 0.625. The molecule has 1 amide bonds. The van der Waals surface area contributed by atoms with Gasteiger partial charge >= 0.3 is 6.09 Å². The van der Waals surface area contributed by atoms with Gasteiger partial charge in [0.25, 0.3) is 0 Å². The third kappa shape index (κ3) is 4.93. The number of phenols is 1. The fraction of sp³-hybridized carbons (Fsp3) is 0.417. The van der Waals surface area contributed by atoms with E-state index in [9.17, 15) is 18.7 Å². The molecular weight excluding hydrogens is 432 g/mol. The molecule has 4 rings (SSSR count). The number of hydrogen-bond donors (Lipinski definition) is 1. The van der Waals surface area contributed by atoms with E-state index >= 15 is 0 Å². The minimum Gasteiger partial charge on any atom is -0.508 e. The van der Waals surface area contributed by atoms with Gasteiger partial charge in [0.2, 0.25) is 0 Å². The van der Waals surface area contributed by atoms with Crippen molar-refractivity contribution in [2.75, 3.05) is 19.7 Å². The molecule has 9 heteroatoms. The molecule has 3 heterocycles. The number of rotatable bonds is 3. The smallest absolute Gasteiger partial charge is 0.410 e. The number of nitrogens with zero attached hydrogens (tertiary/aromatic N) is 3. The highest BCUT2D eigenvalue weighted by molar-refractivity contribution is 5.70. The van der Waals surface area contributed by atoms with Crippen LogP contribution in [-0.4, -0.2) is 56.9 Å².